The van der Waals surface area contributed by atoms with E-state index in [4.69, 9.17) is 5.73 Å². The Morgan fingerprint density at radius 2 is 2.29 bits per heavy atom. The number of halogens is 1. The summed E-state index contributed by atoms with van der Waals surface area (Å²) < 4.78 is 1.13. The molecule has 1 aromatic carbocycles. The molecular weight excluding hydrogens is 238 g/mol. The Bertz CT molecular complexity index is 357. The smallest absolute Gasteiger partial charge is 0.0181 e. The molecule has 1 aromatic rings. The fraction of sp³-hybridized carbons (Fsp3) is 0.333. The minimum Gasteiger partial charge on any atom is -0.327 e. The number of hydrogen-bond acceptors (Lipinski definition) is 1. The highest BCUT2D eigenvalue weighted by molar-refractivity contribution is 9.10. The Balaban J connectivity index is 2.17. The molecule has 0 aromatic heterocycles. The van der Waals surface area contributed by atoms with Crippen molar-refractivity contribution in [3.05, 3.63) is 39.9 Å². The van der Waals surface area contributed by atoms with Crippen molar-refractivity contribution in [2.24, 2.45) is 5.73 Å². The van der Waals surface area contributed by atoms with E-state index < -0.39 is 0 Å². The number of rotatable bonds is 1. The molecule has 1 aliphatic rings. The van der Waals surface area contributed by atoms with Crippen molar-refractivity contribution >= 4 is 22.0 Å². The minimum absolute atomic E-state index is 0.383. The topological polar surface area (TPSA) is 26.0 Å². The second-order valence-corrected chi connectivity index (χ2v) is 4.78. The third kappa shape index (κ3) is 2.46. The van der Waals surface area contributed by atoms with Crippen LogP contribution in [0.1, 0.15) is 24.8 Å². The first-order chi connectivity index (χ1) is 6.74. The van der Waals surface area contributed by atoms with Crippen molar-refractivity contribution in [3.8, 4) is 0 Å². The summed E-state index contributed by atoms with van der Waals surface area (Å²) >= 11 is 3.47. The molecule has 0 amide bonds. The molecule has 0 spiro atoms. The quantitative estimate of drug-likeness (QED) is 0.815. The van der Waals surface area contributed by atoms with Crippen molar-refractivity contribution in [1.82, 2.24) is 0 Å². The monoisotopic (exact) mass is 251 g/mol. The Morgan fingerprint density at radius 3 is 2.93 bits per heavy atom. The lowest BCUT2D eigenvalue weighted by atomic mass is 10.1. The first-order valence-electron chi connectivity index (χ1n) is 4.94. The number of benzene rings is 1. The number of nitrogens with two attached hydrogens (primary N) is 1. The second kappa shape index (κ2) is 4.28. The molecular formula is C12H14BrN. The highest BCUT2D eigenvalue weighted by atomic mass is 79.9. The minimum atomic E-state index is 0.383. The molecule has 0 heterocycles. The van der Waals surface area contributed by atoms with Gasteiger partial charge in [0.1, 0.15) is 0 Å². The van der Waals surface area contributed by atoms with Crippen molar-refractivity contribution in [3.63, 3.8) is 0 Å². The van der Waals surface area contributed by atoms with Crippen LogP contribution in [0.3, 0.4) is 0 Å². The van der Waals surface area contributed by atoms with Crippen molar-refractivity contribution in [2.45, 2.75) is 25.3 Å². The molecule has 0 saturated heterocycles. The first kappa shape index (κ1) is 9.94. The van der Waals surface area contributed by atoms with Crippen LogP contribution in [0.25, 0.3) is 6.08 Å². The molecule has 0 bridgehead atoms. The van der Waals surface area contributed by atoms with Gasteiger partial charge in [-0.15, -0.1) is 0 Å². The van der Waals surface area contributed by atoms with E-state index in [9.17, 15) is 0 Å². The lowest BCUT2D eigenvalue weighted by Crippen LogP contribution is -2.13. The van der Waals surface area contributed by atoms with Gasteiger partial charge in [-0.2, -0.15) is 0 Å². The van der Waals surface area contributed by atoms with Gasteiger partial charge in [0, 0.05) is 10.5 Å². The average molecular weight is 252 g/mol. The Morgan fingerprint density at radius 1 is 1.43 bits per heavy atom. The van der Waals surface area contributed by atoms with E-state index in [0.717, 1.165) is 23.7 Å². The molecule has 1 nitrogen and oxygen atoms in total. The maximum Gasteiger partial charge on any atom is 0.0181 e. The van der Waals surface area contributed by atoms with Crippen LogP contribution in [0, 0.1) is 0 Å². The molecule has 2 rings (SSSR count). The van der Waals surface area contributed by atoms with Gasteiger partial charge in [-0.25, -0.2) is 0 Å². The zero-order valence-corrected chi connectivity index (χ0v) is 9.63. The van der Waals surface area contributed by atoms with Crippen molar-refractivity contribution in [1.29, 1.82) is 0 Å². The van der Waals surface area contributed by atoms with Gasteiger partial charge in [-0.1, -0.05) is 39.7 Å². The lowest BCUT2D eigenvalue weighted by molar-refractivity contribution is 0.711. The summed E-state index contributed by atoms with van der Waals surface area (Å²) in [6.07, 6.45) is 5.62. The fourth-order valence-electron chi connectivity index (χ4n) is 1.87. The van der Waals surface area contributed by atoms with Crippen LogP contribution in [-0.4, -0.2) is 6.04 Å². The summed E-state index contributed by atoms with van der Waals surface area (Å²) in [7, 11) is 0. The molecule has 1 fully saturated rings. The predicted molar refractivity (Wildman–Crippen MR) is 63.9 cm³/mol. The van der Waals surface area contributed by atoms with E-state index >= 15 is 0 Å². The van der Waals surface area contributed by atoms with Crippen molar-refractivity contribution in [2.75, 3.05) is 0 Å². The highest BCUT2D eigenvalue weighted by Crippen LogP contribution is 2.26. The van der Waals surface area contributed by atoms with Crippen molar-refractivity contribution < 1.29 is 0 Å². The zero-order chi connectivity index (χ0) is 9.97. The van der Waals surface area contributed by atoms with Crippen LogP contribution in [-0.2, 0) is 0 Å². The average Bonchev–Trinajstić information content (AvgIpc) is 2.51. The Labute approximate surface area is 93.1 Å². The summed E-state index contributed by atoms with van der Waals surface area (Å²) in [5, 5.41) is 0. The first-order valence-corrected chi connectivity index (χ1v) is 5.74. The summed E-state index contributed by atoms with van der Waals surface area (Å²) in [4.78, 5) is 0. The van der Waals surface area contributed by atoms with Crippen LogP contribution in [0.4, 0.5) is 0 Å². The highest BCUT2D eigenvalue weighted by Gasteiger charge is 2.14. The molecule has 2 N–H and O–H groups in total. The number of hydrogen-bond donors (Lipinski definition) is 1. The van der Waals surface area contributed by atoms with Crippen LogP contribution >= 0.6 is 15.9 Å². The molecule has 1 atom stereocenters. The Hall–Kier alpha value is -0.600. The van der Waals surface area contributed by atoms with Gasteiger partial charge in [0.15, 0.2) is 0 Å². The van der Waals surface area contributed by atoms with Gasteiger partial charge in [0.2, 0.25) is 0 Å². The van der Waals surface area contributed by atoms with Crippen LogP contribution in [0.5, 0.6) is 0 Å². The maximum atomic E-state index is 5.86. The molecule has 1 aliphatic carbocycles. The molecule has 1 saturated carbocycles. The van der Waals surface area contributed by atoms with Gasteiger partial charge in [-0.3, -0.25) is 0 Å². The van der Waals surface area contributed by atoms with E-state index in [-0.39, 0.29) is 0 Å². The SMILES string of the molecule is NC1CCC(=Cc2cccc(Br)c2)C1. The molecule has 0 aliphatic heterocycles. The van der Waals surface area contributed by atoms with E-state index in [1.807, 2.05) is 6.07 Å². The van der Waals surface area contributed by atoms with Gasteiger partial charge in [0.25, 0.3) is 0 Å². The van der Waals surface area contributed by atoms with Crippen LogP contribution in [0.15, 0.2) is 34.3 Å². The fourth-order valence-corrected chi connectivity index (χ4v) is 2.29. The normalized spacial score (nSPS) is 24.4. The van der Waals surface area contributed by atoms with Gasteiger partial charge in [-0.05, 0) is 37.0 Å². The summed E-state index contributed by atoms with van der Waals surface area (Å²) in [5.74, 6) is 0. The van der Waals surface area contributed by atoms with Gasteiger partial charge < -0.3 is 5.73 Å². The zero-order valence-electron chi connectivity index (χ0n) is 8.04. The third-order valence-electron chi connectivity index (χ3n) is 2.58. The summed E-state index contributed by atoms with van der Waals surface area (Å²) in [6.45, 7) is 0. The Kier molecular flexibility index (Phi) is 3.04. The molecule has 14 heavy (non-hydrogen) atoms. The van der Waals surface area contributed by atoms with Gasteiger partial charge in [0.05, 0.1) is 0 Å². The van der Waals surface area contributed by atoms with E-state index in [1.165, 1.54) is 11.1 Å². The van der Waals surface area contributed by atoms with E-state index in [0.29, 0.717) is 6.04 Å². The summed E-state index contributed by atoms with van der Waals surface area (Å²) in [6, 6.07) is 8.75. The van der Waals surface area contributed by atoms with E-state index in [2.05, 4.69) is 40.2 Å². The molecule has 0 radical (unpaired) electrons. The van der Waals surface area contributed by atoms with Gasteiger partial charge >= 0.3 is 0 Å². The van der Waals surface area contributed by atoms with E-state index in [1.54, 1.807) is 0 Å². The lowest BCUT2D eigenvalue weighted by Gasteiger charge is -1.99. The van der Waals surface area contributed by atoms with Crippen LogP contribution < -0.4 is 5.73 Å². The summed E-state index contributed by atoms with van der Waals surface area (Å²) in [5.41, 5.74) is 8.61. The molecule has 2 heteroatoms. The third-order valence-corrected chi connectivity index (χ3v) is 3.07. The maximum absolute atomic E-state index is 5.86. The molecule has 74 valence electrons. The largest absolute Gasteiger partial charge is 0.327 e. The molecule has 1 unspecified atom stereocenters. The predicted octanol–water partition coefficient (Wildman–Crippen LogP) is 3.34. The second-order valence-electron chi connectivity index (χ2n) is 3.86. The standard InChI is InChI=1S/C12H14BrN/c13-11-3-1-2-9(7-11)6-10-4-5-12(14)8-10/h1-3,6-7,12H,4-5,8,14H2. The van der Waals surface area contributed by atoms with Crippen LogP contribution in [0.2, 0.25) is 0 Å².